The third-order valence-electron chi connectivity index (χ3n) is 2.99. The van der Waals surface area contributed by atoms with Crippen LogP contribution in [-0.2, 0) is 14.8 Å². The van der Waals surface area contributed by atoms with Crippen LogP contribution in [0.25, 0.3) is 6.08 Å². The van der Waals surface area contributed by atoms with E-state index in [0.717, 1.165) is 0 Å². The number of halogens is 1. The minimum absolute atomic E-state index is 0.0716. The SMILES string of the molecule is N#C/C(=C/c1ccc(Cl)cc1)C(=O)Nc1ccc(S(N)(=O)=O)cc1. The Labute approximate surface area is 144 Å². The molecule has 2 rings (SSSR count). The van der Waals surface area contributed by atoms with Crippen molar-refractivity contribution in [3.63, 3.8) is 0 Å². The van der Waals surface area contributed by atoms with Crippen LogP contribution in [0.1, 0.15) is 5.56 Å². The Balaban J connectivity index is 2.18. The van der Waals surface area contributed by atoms with Crippen molar-refractivity contribution in [3.05, 3.63) is 64.7 Å². The van der Waals surface area contributed by atoms with E-state index in [1.54, 1.807) is 24.3 Å². The summed E-state index contributed by atoms with van der Waals surface area (Å²) in [6.45, 7) is 0. The van der Waals surface area contributed by atoms with Gasteiger partial charge in [0.15, 0.2) is 0 Å². The molecule has 0 spiro atoms. The van der Waals surface area contributed by atoms with Crippen LogP contribution in [0, 0.1) is 11.3 Å². The van der Waals surface area contributed by atoms with Gasteiger partial charge in [-0.05, 0) is 48.0 Å². The second kappa shape index (κ2) is 7.27. The molecule has 0 aromatic heterocycles. The molecular formula is C16H12ClN3O3S. The zero-order valence-electron chi connectivity index (χ0n) is 12.2. The number of nitrogens with one attached hydrogen (secondary N) is 1. The van der Waals surface area contributed by atoms with Gasteiger partial charge in [0.2, 0.25) is 10.0 Å². The summed E-state index contributed by atoms with van der Waals surface area (Å²) in [5.74, 6) is -0.615. The molecule has 0 aliphatic carbocycles. The van der Waals surface area contributed by atoms with Gasteiger partial charge in [0.25, 0.3) is 5.91 Å². The van der Waals surface area contributed by atoms with E-state index in [0.29, 0.717) is 16.3 Å². The number of rotatable bonds is 4. The summed E-state index contributed by atoms with van der Waals surface area (Å²) in [6, 6.07) is 13.8. The summed E-state index contributed by atoms with van der Waals surface area (Å²) in [6.07, 6.45) is 1.42. The van der Waals surface area contributed by atoms with E-state index in [2.05, 4.69) is 5.32 Å². The van der Waals surface area contributed by atoms with E-state index < -0.39 is 15.9 Å². The molecular weight excluding hydrogens is 350 g/mol. The number of amides is 1. The Morgan fingerprint density at radius 3 is 2.21 bits per heavy atom. The molecule has 0 aliphatic rings. The number of nitrogens with zero attached hydrogens (tertiary/aromatic N) is 1. The average Bonchev–Trinajstić information content (AvgIpc) is 2.54. The maximum atomic E-state index is 12.1. The van der Waals surface area contributed by atoms with E-state index in [-0.39, 0.29) is 10.5 Å². The number of hydrogen-bond donors (Lipinski definition) is 2. The fraction of sp³-hybridized carbons (Fsp3) is 0. The smallest absolute Gasteiger partial charge is 0.266 e. The van der Waals surface area contributed by atoms with E-state index >= 15 is 0 Å². The molecule has 6 nitrogen and oxygen atoms in total. The molecule has 0 saturated heterocycles. The lowest BCUT2D eigenvalue weighted by atomic mass is 10.1. The van der Waals surface area contributed by atoms with Gasteiger partial charge >= 0.3 is 0 Å². The van der Waals surface area contributed by atoms with E-state index in [9.17, 15) is 13.2 Å². The summed E-state index contributed by atoms with van der Waals surface area (Å²) >= 11 is 5.78. The van der Waals surface area contributed by atoms with Gasteiger partial charge in [-0.1, -0.05) is 23.7 Å². The molecule has 0 atom stereocenters. The lowest BCUT2D eigenvalue weighted by Crippen LogP contribution is -2.14. The topological polar surface area (TPSA) is 113 Å². The Morgan fingerprint density at radius 1 is 1.12 bits per heavy atom. The highest BCUT2D eigenvalue weighted by Gasteiger charge is 2.11. The average molecular weight is 362 g/mol. The Bertz CT molecular complexity index is 928. The first kappa shape index (κ1) is 17.7. The van der Waals surface area contributed by atoms with Crippen molar-refractivity contribution < 1.29 is 13.2 Å². The second-order valence-corrected chi connectivity index (χ2v) is 6.74. The summed E-state index contributed by atoms with van der Waals surface area (Å²) in [4.78, 5) is 12.1. The minimum Gasteiger partial charge on any atom is -0.321 e. The fourth-order valence-corrected chi connectivity index (χ4v) is 2.44. The molecule has 0 aliphatic heterocycles. The van der Waals surface area contributed by atoms with Crippen molar-refractivity contribution in [3.8, 4) is 6.07 Å². The van der Waals surface area contributed by atoms with Crippen molar-refractivity contribution in [2.45, 2.75) is 4.90 Å². The number of hydrogen-bond acceptors (Lipinski definition) is 4. The highest BCUT2D eigenvalue weighted by atomic mass is 35.5. The number of nitrogens with two attached hydrogens (primary N) is 1. The molecule has 0 unspecified atom stereocenters. The third kappa shape index (κ3) is 4.67. The van der Waals surface area contributed by atoms with Crippen molar-refractivity contribution in [2.24, 2.45) is 5.14 Å². The van der Waals surface area contributed by atoms with Gasteiger partial charge in [0.05, 0.1) is 4.90 Å². The van der Waals surface area contributed by atoms with Crippen LogP contribution >= 0.6 is 11.6 Å². The van der Waals surface area contributed by atoms with Crippen molar-refractivity contribution in [1.29, 1.82) is 5.26 Å². The van der Waals surface area contributed by atoms with Crippen LogP contribution in [0.2, 0.25) is 5.02 Å². The summed E-state index contributed by atoms with van der Waals surface area (Å²) in [5.41, 5.74) is 0.883. The van der Waals surface area contributed by atoms with Crippen molar-refractivity contribution >= 4 is 39.3 Å². The van der Waals surface area contributed by atoms with Crippen LogP contribution in [0.3, 0.4) is 0 Å². The molecule has 8 heteroatoms. The lowest BCUT2D eigenvalue weighted by molar-refractivity contribution is -0.112. The van der Waals surface area contributed by atoms with Gasteiger partial charge in [-0.3, -0.25) is 4.79 Å². The molecule has 0 heterocycles. The Kier molecular flexibility index (Phi) is 5.36. The largest absolute Gasteiger partial charge is 0.321 e. The maximum absolute atomic E-state index is 12.1. The quantitative estimate of drug-likeness (QED) is 0.643. The Morgan fingerprint density at radius 2 is 1.71 bits per heavy atom. The monoisotopic (exact) mass is 361 g/mol. The van der Waals surface area contributed by atoms with E-state index in [1.165, 1.54) is 30.3 Å². The van der Waals surface area contributed by atoms with E-state index in [1.807, 2.05) is 6.07 Å². The maximum Gasteiger partial charge on any atom is 0.266 e. The van der Waals surface area contributed by atoms with Gasteiger partial charge in [-0.15, -0.1) is 0 Å². The molecule has 0 fully saturated rings. The number of anilines is 1. The van der Waals surface area contributed by atoms with Crippen LogP contribution in [0.4, 0.5) is 5.69 Å². The van der Waals surface area contributed by atoms with Crippen LogP contribution in [0.5, 0.6) is 0 Å². The van der Waals surface area contributed by atoms with Crippen molar-refractivity contribution in [1.82, 2.24) is 0 Å². The number of carbonyl (C=O) groups excluding carboxylic acids is 1. The first-order valence-corrected chi connectivity index (χ1v) is 8.53. The van der Waals surface area contributed by atoms with Crippen LogP contribution < -0.4 is 10.5 Å². The highest BCUT2D eigenvalue weighted by Crippen LogP contribution is 2.16. The molecule has 0 radical (unpaired) electrons. The summed E-state index contributed by atoms with van der Waals surface area (Å²) in [5, 5.41) is 17.2. The molecule has 3 N–H and O–H groups in total. The predicted molar refractivity (Wildman–Crippen MR) is 91.5 cm³/mol. The summed E-state index contributed by atoms with van der Waals surface area (Å²) < 4.78 is 22.4. The van der Waals surface area contributed by atoms with Gasteiger partial charge in [0, 0.05) is 10.7 Å². The molecule has 2 aromatic carbocycles. The zero-order valence-corrected chi connectivity index (χ0v) is 13.8. The number of nitriles is 1. The minimum atomic E-state index is -3.80. The molecule has 122 valence electrons. The zero-order chi connectivity index (χ0) is 17.7. The predicted octanol–water partition coefficient (Wildman–Crippen LogP) is 2.53. The molecule has 0 saturated carbocycles. The Hall–Kier alpha value is -2.66. The van der Waals surface area contributed by atoms with Gasteiger partial charge in [-0.2, -0.15) is 5.26 Å². The number of carbonyl (C=O) groups is 1. The number of primary sulfonamides is 1. The number of benzene rings is 2. The van der Waals surface area contributed by atoms with Gasteiger partial charge in [0.1, 0.15) is 11.6 Å². The highest BCUT2D eigenvalue weighted by molar-refractivity contribution is 7.89. The lowest BCUT2D eigenvalue weighted by Gasteiger charge is -2.05. The summed E-state index contributed by atoms with van der Waals surface area (Å²) in [7, 11) is -3.80. The molecule has 0 bridgehead atoms. The van der Waals surface area contributed by atoms with Gasteiger partial charge < -0.3 is 5.32 Å². The standard InChI is InChI=1S/C16H12ClN3O3S/c17-13-3-1-11(2-4-13)9-12(10-18)16(21)20-14-5-7-15(8-6-14)24(19,22)23/h1-9H,(H,20,21)(H2,19,22,23)/b12-9-. The number of sulfonamides is 1. The van der Waals surface area contributed by atoms with Crippen molar-refractivity contribution in [2.75, 3.05) is 5.32 Å². The second-order valence-electron chi connectivity index (χ2n) is 4.74. The third-order valence-corrected chi connectivity index (χ3v) is 4.17. The van der Waals surface area contributed by atoms with Gasteiger partial charge in [-0.25, -0.2) is 13.6 Å². The van der Waals surface area contributed by atoms with Crippen LogP contribution in [0.15, 0.2) is 59.0 Å². The van der Waals surface area contributed by atoms with E-state index in [4.69, 9.17) is 22.0 Å². The fourth-order valence-electron chi connectivity index (χ4n) is 1.80. The molecule has 1 amide bonds. The normalized spacial score (nSPS) is 11.6. The first-order valence-electron chi connectivity index (χ1n) is 6.61. The molecule has 2 aromatic rings. The molecule has 24 heavy (non-hydrogen) atoms. The van der Waals surface area contributed by atoms with Crippen LogP contribution in [-0.4, -0.2) is 14.3 Å². The first-order chi connectivity index (χ1) is 11.3.